The molecule has 0 saturated heterocycles. The van der Waals surface area contributed by atoms with Gasteiger partial charge in [0.15, 0.2) is 5.96 Å². The number of amides is 1. The van der Waals surface area contributed by atoms with E-state index >= 15 is 0 Å². The van der Waals surface area contributed by atoms with E-state index in [2.05, 4.69) is 36.2 Å². The van der Waals surface area contributed by atoms with Gasteiger partial charge in [-0.15, -0.1) is 11.8 Å². The molecule has 2 aromatic rings. The summed E-state index contributed by atoms with van der Waals surface area (Å²) in [5.41, 5.74) is 17.1. The molecule has 3 rings (SSSR count). The summed E-state index contributed by atoms with van der Waals surface area (Å²) in [7, 11) is 0. The van der Waals surface area contributed by atoms with Crippen molar-refractivity contribution in [3.8, 4) is 11.1 Å². The van der Waals surface area contributed by atoms with E-state index in [0.29, 0.717) is 5.56 Å². The van der Waals surface area contributed by atoms with E-state index in [9.17, 15) is 4.79 Å². The third kappa shape index (κ3) is 2.48. The number of nitrogens with zero attached hydrogens (tertiary/aromatic N) is 1. The standard InChI is InChI=1S/C17H17N3OS/c1-9-4-3-5-11-8-22-14-7-12(16(21)20-17(18)19)10(2)6-13(14)15(9)11/h3-7H,8H2,1-2H3,(H4,18,19,20,21). The number of carbonyl (C=O) groups is 1. The highest BCUT2D eigenvalue weighted by atomic mass is 32.2. The van der Waals surface area contributed by atoms with E-state index in [1.165, 1.54) is 22.3 Å². The van der Waals surface area contributed by atoms with Crippen LogP contribution in [0.15, 0.2) is 40.2 Å². The highest BCUT2D eigenvalue weighted by Gasteiger charge is 2.21. The van der Waals surface area contributed by atoms with Gasteiger partial charge in [-0.25, -0.2) is 0 Å². The first kappa shape index (κ1) is 14.7. The van der Waals surface area contributed by atoms with Crippen molar-refractivity contribution in [1.82, 2.24) is 0 Å². The lowest BCUT2D eigenvalue weighted by Gasteiger charge is -2.22. The fourth-order valence-electron chi connectivity index (χ4n) is 2.80. The average molecular weight is 311 g/mol. The minimum atomic E-state index is -0.392. The van der Waals surface area contributed by atoms with Crippen molar-refractivity contribution in [3.63, 3.8) is 0 Å². The lowest BCUT2D eigenvalue weighted by atomic mass is 9.92. The first-order valence-corrected chi connectivity index (χ1v) is 7.96. The summed E-state index contributed by atoms with van der Waals surface area (Å²) >= 11 is 1.74. The summed E-state index contributed by atoms with van der Waals surface area (Å²) in [5.74, 6) is 0.302. The molecule has 112 valence electrons. The van der Waals surface area contributed by atoms with Crippen LogP contribution in [0, 0.1) is 13.8 Å². The first-order valence-electron chi connectivity index (χ1n) is 6.97. The SMILES string of the molecule is Cc1cc2c(cc1C(=O)N=C(N)N)SCc1cccc(C)c1-2. The Balaban J connectivity index is 2.16. The predicted molar refractivity (Wildman–Crippen MR) is 91.1 cm³/mol. The molecular formula is C17H17N3OS. The fraction of sp³-hybridized carbons (Fsp3) is 0.176. The third-order valence-corrected chi connectivity index (χ3v) is 4.90. The topological polar surface area (TPSA) is 81.5 Å². The molecule has 1 aliphatic heterocycles. The second kappa shape index (κ2) is 5.50. The number of benzene rings is 2. The van der Waals surface area contributed by atoms with Gasteiger partial charge in [0.05, 0.1) is 0 Å². The van der Waals surface area contributed by atoms with Crippen LogP contribution >= 0.6 is 11.8 Å². The fourth-order valence-corrected chi connectivity index (χ4v) is 3.87. The van der Waals surface area contributed by atoms with Crippen molar-refractivity contribution >= 4 is 23.6 Å². The molecule has 2 aromatic carbocycles. The molecule has 0 fully saturated rings. The number of thioether (sulfide) groups is 1. The second-order valence-electron chi connectivity index (χ2n) is 5.40. The van der Waals surface area contributed by atoms with Gasteiger partial charge in [-0.2, -0.15) is 4.99 Å². The Labute approximate surface area is 133 Å². The van der Waals surface area contributed by atoms with Crippen LogP contribution in [0.3, 0.4) is 0 Å². The molecule has 0 aliphatic carbocycles. The molecule has 0 atom stereocenters. The minimum Gasteiger partial charge on any atom is -0.370 e. The Hall–Kier alpha value is -2.27. The summed E-state index contributed by atoms with van der Waals surface area (Å²) < 4.78 is 0. The van der Waals surface area contributed by atoms with Crippen molar-refractivity contribution in [2.24, 2.45) is 16.5 Å². The van der Waals surface area contributed by atoms with Crippen molar-refractivity contribution in [2.45, 2.75) is 24.5 Å². The zero-order chi connectivity index (χ0) is 15.9. The lowest BCUT2D eigenvalue weighted by Crippen LogP contribution is -2.24. The number of hydrogen-bond donors (Lipinski definition) is 2. The van der Waals surface area contributed by atoms with Crippen LogP contribution in [-0.4, -0.2) is 11.9 Å². The molecule has 22 heavy (non-hydrogen) atoms. The Morgan fingerprint density at radius 1 is 1.18 bits per heavy atom. The molecule has 0 spiro atoms. The monoisotopic (exact) mass is 311 g/mol. The molecule has 1 heterocycles. The number of nitrogens with two attached hydrogens (primary N) is 2. The molecule has 0 radical (unpaired) electrons. The van der Waals surface area contributed by atoms with Gasteiger partial charge in [-0.05, 0) is 53.8 Å². The lowest BCUT2D eigenvalue weighted by molar-refractivity contribution is 0.100. The van der Waals surface area contributed by atoms with Crippen molar-refractivity contribution in [2.75, 3.05) is 0 Å². The molecule has 0 bridgehead atoms. The van der Waals surface area contributed by atoms with E-state index < -0.39 is 5.91 Å². The van der Waals surface area contributed by atoms with E-state index in [-0.39, 0.29) is 5.96 Å². The molecule has 0 saturated carbocycles. The number of guanidine groups is 1. The Morgan fingerprint density at radius 2 is 1.95 bits per heavy atom. The van der Waals surface area contributed by atoms with Crippen LogP contribution in [0.25, 0.3) is 11.1 Å². The Morgan fingerprint density at radius 3 is 2.68 bits per heavy atom. The van der Waals surface area contributed by atoms with Gasteiger partial charge >= 0.3 is 0 Å². The smallest absolute Gasteiger partial charge is 0.280 e. The van der Waals surface area contributed by atoms with Crippen LogP contribution in [-0.2, 0) is 5.75 Å². The van der Waals surface area contributed by atoms with Gasteiger partial charge in [-0.3, -0.25) is 4.79 Å². The summed E-state index contributed by atoms with van der Waals surface area (Å²) in [4.78, 5) is 16.9. The van der Waals surface area contributed by atoms with Crippen LogP contribution in [0.2, 0.25) is 0 Å². The zero-order valence-corrected chi connectivity index (χ0v) is 13.3. The molecule has 4 N–H and O–H groups in total. The van der Waals surface area contributed by atoms with Gasteiger partial charge in [0.2, 0.25) is 0 Å². The summed E-state index contributed by atoms with van der Waals surface area (Å²) in [5, 5.41) is 0. The highest BCUT2D eigenvalue weighted by Crippen LogP contribution is 2.44. The second-order valence-corrected chi connectivity index (χ2v) is 6.42. The summed E-state index contributed by atoms with van der Waals surface area (Å²) in [6.07, 6.45) is 0. The van der Waals surface area contributed by atoms with Crippen molar-refractivity contribution < 1.29 is 4.79 Å². The number of rotatable bonds is 1. The molecule has 0 unspecified atom stereocenters. The van der Waals surface area contributed by atoms with Gasteiger partial charge < -0.3 is 11.5 Å². The third-order valence-electron chi connectivity index (χ3n) is 3.80. The first-order chi connectivity index (χ1) is 10.5. The summed E-state index contributed by atoms with van der Waals surface area (Å²) in [6, 6.07) is 10.3. The molecule has 5 heteroatoms. The maximum atomic E-state index is 12.1. The summed E-state index contributed by atoms with van der Waals surface area (Å²) in [6.45, 7) is 4.03. The van der Waals surface area contributed by atoms with E-state index in [0.717, 1.165) is 16.2 Å². The number of aryl methyl sites for hydroxylation is 2. The van der Waals surface area contributed by atoms with E-state index in [1.54, 1.807) is 11.8 Å². The molecule has 1 amide bonds. The van der Waals surface area contributed by atoms with Crippen LogP contribution in [0.5, 0.6) is 0 Å². The van der Waals surface area contributed by atoms with Gasteiger partial charge in [-0.1, -0.05) is 18.2 Å². The molecular weight excluding hydrogens is 294 g/mol. The van der Waals surface area contributed by atoms with Crippen LogP contribution in [0.1, 0.15) is 27.0 Å². The van der Waals surface area contributed by atoms with E-state index in [4.69, 9.17) is 11.5 Å². The van der Waals surface area contributed by atoms with Gasteiger partial charge in [0.1, 0.15) is 0 Å². The van der Waals surface area contributed by atoms with Crippen LogP contribution < -0.4 is 11.5 Å². The van der Waals surface area contributed by atoms with Gasteiger partial charge in [0, 0.05) is 16.2 Å². The maximum absolute atomic E-state index is 12.1. The number of carbonyl (C=O) groups excluding carboxylic acids is 1. The molecule has 0 aromatic heterocycles. The number of hydrogen-bond acceptors (Lipinski definition) is 2. The largest absolute Gasteiger partial charge is 0.370 e. The van der Waals surface area contributed by atoms with E-state index in [1.807, 2.05) is 13.0 Å². The number of aliphatic imine (C=N–C) groups is 1. The van der Waals surface area contributed by atoms with Crippen molar-refractivity contribution in [1.29, 1.82) is 0 Å². The number of fused-ring (bicyclic) bond motifs is 3. The zero-order valence-electron chi connectivity index (χ0n) is 12.5. The Kier molecular flexibility index (Phi) is 3.66. The normalized spacial score (nSPS) is 12.3. The van der Waals surface area contributed by atoms with Crippen LogP contribution in [0.4, 0.5) is 0 Å². The quantitative estimate of drug-likeness (QED) is 0.626. The predicted octanol–water partition coefficient (Wildman–Crippen LogP) is 2.99. The average Bonchev–Trinajstić information content (AvgIpc) is 2.45. The Bertz CT molecular complexity index is 808. The van der Waals surface area contributed by atoms with Gasteiger partial charge in [0.25, 0.3) is 5.91 Å². The van der Waals surface area contributed by atoms with Crippen molar-refractivity contribution in [3.05, 3.63) is 52.6 Å². The minimum absolute atomic E-state index is 0.212. The highest BCUT2D eigenvalue weighted by molar-refractivity contribution is 7.98. The molecule has 1 aliphatic rings. The maximum Gasteiger partial charge on any atom is 0.280 e. The molecule has 4 nitrogen and oxygen atoms in total.